The molecule has 0 aliphatic carbocycles. The number of aryl methyl sites for hydroxylation is 2. The lowest BCUT2D eigenvalue weighted by Gasteiger charge is -2.09. The quantitative estimate of drug-likeness (QED) is 0.326. The summed E-state index contributed by atoms with van der Waals surface area (Å²) in [7, 11) is 0. The first-order chi connectivity index (χ1) is 12.0. The molecule has 0 aliphatic rings. The molecule has 0 fully saturated rings. The predicted octanol–water partition coefficient (Wildman–Crippen LogP) is 3.53. The topological polar surface area (TPSA) is 84.3 Å². The van der Waals surface area contributed by atoms with Gasteiger partial charge in [-0.25, -0.2) is 0 Å². The summed E-state index contributed by atoms with van der Waals surface area (Å²) in [6.07, 6.45) is 0. The molecule has 2 aromatic carbocycles. The second kappa shape index (κ2) is 9.08. The molecule has 0 heterocycles. The molecular weight excluding hydrogens is 338 g/mol. The first kappa shape index (κ1) is 18.8. The number of nitro groups is 1. The van der Waals surface area contributed by atoms with Crippen LogP contribution in [-0.4, -0.2) is 29.7 Å². The van der Waals surface area contributed by atoms with Gasteiger partial charge in [-0.2, -0.15) is 0 Å². The van der Waals surface area contributed by atoms with Crippen molar-refractivity contribution in [3.05, 3.63) is 63.7 Å². The van der Waals surface area contributed by atoms with Crippen molar-refractivity contribution in [1.82, 2.24) is 5.32 Å². The van der Waals surface area contributed by atoms with Crippen LogP contribution in [0.5, 0.6) is 0 Å². The zero-order valence-corrected chi connectivity index (χ0v) is 15.1. The van der Waals surface area contributed by atoms with Gasteiger partial charge in [0, 0.05) is 35.8 Å². The standard InChI is InChI=1S/C18H21N3O3S/c1-13-3-4-14(2)17(11-13)25-12-18(22)20-10-9-19-15-5-7-16(8-6-15)21(23)24/h3-8,11,19H,9-10,12H2,1-2H3,(H,20,22). The van der Waals surface area contributed by atoms with Gasteiger partial charge in [-0.05, 0) is 37.6 Å². The van der Waals surface area contributed by atoms with E-state index in [0.717, 1.165) is 10.6 Å². The van der Waals surface area contributed by atoms with Crippen LogP contribution in [0.25, 0.3) is 0 Å². The highest BCUT2D eigenvalue weighted by Gasteiger charge is 2.06. The molecule has 0 bridgehead atoms. The van der Waals surface area contributed by atoms with E-state index in [4.69, 9.17) is 0 Å². The van der Waals surface area contributed by atoms with E-state index in [9.17, 15) is 14.9 Å². The van der Waals surface area contributed by atoms with E-state index in [-0.39, 0.29) is 11.6 Å². The van der Waals surface area contributed by atoms with Crippen LogP contribution in [-0.2, 0) is 4.79 Å². The molecule has 2 N–H and O–H groups in total. The van der Waals surface area contributed by atoms with Gasteiger partial charge in [0.1, 0.15) is 0 Å². The van der Waals surface area contributed by atoms with Gasteiger partial charge >= 0.3 is 0 Å². The lowest BCUT2D eigenvalue weighted by molar-refractivity contribution is -0.384. The zero-order valence-electron chi connectivity index (χ0n) is 14.2. The van der Waals surface area contributed by atoms with Gasteiger partial charge in [0.2, 0.25) is 5.91 Å². The molecule has 0 saturated carbocycles. The molecule has 0 aromatic heterocycles. The second-order valence-electron chi connectivity index (χ2n) is 5.64. The summed E-state index contributed by atoms with van der Waals surface area (Å²) < 4.78 is 0. The van der Waals surface area contributed by atoms with E-state index in [1.54, 1.807) is 12.1 Å². The van der Waals surface area contributed by atoms with Crippen LogP contribution in [0.1, 0.15) is 11.1 Å². The molecular formula is C18H21N3O3S. The number of amides is 1. The molecule has 132 valence electrons. The van der Waals surface area contributed by atoms with Crippen LogP contribution >= 0.6 is 11.8 Å². The molecule has 6 nitrogen and oxygen atoms in total. The summed E-state index contributed by atoms with van der Waals surface area (Å²) >= 11 is 1.53. The largest absolute Gasteiger partial charge is 0.383 e. The minimum Gasteiger partial charge on any atom is -0.383 e. The number of nitrogens with zero attached hydrogens (tertiary/aromatic N) is 1. The number of carbonyl (C=O) groups excluding carboxylic acids is 1. The second-order valence-corrected chi connectivity index (χ2v) is 6.66. The van der Waals surface area contributed by atoms with Crippen molar-refractivity contribution in [2.45, 2.75) is 18.7 Å². The Morgan fingerprint density at radius 3 is 2.52 bits per heavy atom. The minimum absolute atomic E-state index is 0.0172. The number of hydrogen-bond donors (Lipinski definition) is 2. The number of rotatable bonds is 8. The smallest absolute Gasteiger partial charge is 0.269 e. The third-order valence-electron chi connectivity index (χ3n) is 3.56. The summed E-state index contributed by atoms with van der Waals surface area (Å²) in [5.41, 5.74) is 3.19. The highest BCUT2D eigenvalue weighted by Crippen LogP contribution is 2.23. The average molecular weight is 359 g/mol. The van der Waals surface area contributed by atoms with Gasteiger partial charge < -0.3 is 10.6 Å². The van der Waals surface area contributed by atoms with E-state index in [0.29, 0.717) is 18.8 Å². The molecule has 7 heteroatoms. The maximum atomic E-state index is 11.9. The Balaban J connectivity index is 1.68. The fourth-order valence-corrected chi connectivity index (χ4v) is 3.12. The number of hydrogen-bond acceptors (Lipinski definition) is 5. The number of thioether (sulfide) groups is 1. The van der Waals surface area contributed by atoms with Gasteiger partial charge in [-0.3, -0.25) is 14.9 Å². The number of nitrogens with one attached hydrogen (secondary N) is 2. The average Bonchev–Trinajstić information content (AvgIpc) is 2.60. The predicted molar refractivity (Wildman–Crippen MR) is 101 cm³/mol. The number of carbonyl (C=O) groups is 1. The Bertz CT molecular complexity index is 748. The summed E-state index contributed by atoms with van der Waals surface area (Å²) in [4.78, 5) is 23.2. The fraction of sp³-hybridized carbons (Fsp3) is 0.278. The molecule has 0 radical (unpaired) electrons. The molecule has 0 spiro atoms. The van der Waals surface area contributed by atoms with E-state index in [1.165, 1.54) is 35.0 Å². The molecule has 2 rings (SSSR count). The number of anilines is 1. The monoisotopic (exact) mass is 359 g/mol. The van der Waals surface area contributed by atoms with Crippen LogP contribution in [0.2, 0.25) is 0 Å². The fourth-order valence-electron chi connectivity index (χ4n) is 2.17. The van der Waals surface area contributed by atoms with Gasteiger partial charge in [0.05, 0.1) is 10.7 Å². The van der Waals surface area contributed by atoms with Crippen molar-refractivity contribution >= 4 is 29.0 Å². The molecule has 2 aromatic rings. The van der Waals surface area contributed by atoms with Crippen molar-refractivity contribution < 1.29 is 9.72 Å². The van der Waals surface area contributed by atoms with Crippen molar-refractivity contribution in [3.8, 4) is 0 Å². The molecule has 1 amide bonds. The Kier molecular flexibility index (Phi) is 6.82. The highest BCUT2D eigenvalue weighted by molar-refractivity contribution is 8.00. The van der Waals surface area contributed by atoms with Crippen LogP contribution in [0.4, 0.5) is 11.4 Å². The van der Waals surface area contributed by atoms with Gasteiger partial charge in [-0.1, -0.05) is 17.7 Å². The van der Waals surface area contributed by atoms with Crippen molar-refractivity contribution in [2.75, 3.05) is 24.2 Å². The first-order valence-corrected chi connectivity index (χ1v) is 8.89. The molecule has 0 unspecified atom stereocenters. The lowest BCUT2D eigenvalue weighted by Crippen LogP contribution is -2.30. The third kappa shape index (κ3) is 6.11. The Labute approximate surface area is 151 Å². The highest BCUT2D eigenvalue weighted by atomic mass is 32.2. The van der Waals surface area contributed by atoms with Crippen LogP contribution in [0.15, 0.2) is 47.4 Å². The third-order valence-corrected chi connectivity index (χ3v) is 4.71. The zero-order chi connectivity index (χ0) is 18.2. The Hall–Kier alpha value is -2.54. The van der Waals surface area contributed by atoms with Crippen LogP contribution < -0.4 is 10.6 Å². The van der Waals surface area contributed by atoms with Crippen molar-refractivity contribution in [1.29, 1.82) is 0 Å². The van der Waals surface area contributed by atoms with E-state index in [2.05, 4.69) is 28.8 Å². The maximum absolute atomic E-state index is 11.9. The Morgan fingerprint density at radius 1 is 1.12 bits per heavy atom. The van der Waals surface area contributed by atoms with Crippen LogP contribution in [0.3, 0.4) is 0 Å². The number of non-ortho nitro benzene ring substituents is 1. The normalized spacial score (nSPS) is 10.3. The summed E-state index contributed by atoms with van der Waals surface area (Å²) in [5.74, 6) is 0.360. The number of benzene rings is 2. The van der Waals surface area contributed by atoms with Gasteiger partial charge in [0.25, 0.3) is 5.69 Å². The minimum atomic E-state index is -0.433. The Morgan fingerprint density at radius 2 is 1.84 bits per heavy atom. The SMILES string of the molecule is Cc1ccc(C)c(SCC(=O)NCCNc2ccc([N+](=O)[O-])cc2)c1. The molecule has 0 aliphatic heterocycles. The van der Waals surface area contributed by atoms with Crippen LogP contribution in [0, 0.1) is 24.0 Å². The van der Waals surface area contributed by atoms with E-state index in [1.807, 2.05) is 13.8 Å². The van der Waals surface area contributed by atoms with Crippen molar-refractivity contribution in [3.63, 3.8) is 0 Å². The summed E-state index contributed by atoms with van der Waals surface area (Å²) in [6.45, 7) is 5.11. The summed E-state index contributed by atoms with van der Waals surface area (Å²) in [5, 5.41) is 16.6. The first-order valence-electron chi connectivity index (χ1n) is 7.91. The van der Waals surface area contributed by atoms with Gasteiger partial charge in [-0.15, -0.1) is 11.8 Å². The number of nitro benzene ring substituents is 1. The summed E-state index contributed by atoms with van der Waals surface area (Å²) in [6, 6.07) is 12.4. The molecule has 0 atom stereocenters. The maximum Gasteiger partial charge on any atom is 0.269 e. The van der Waals surface area contributed by atoms with Gasteiger partial charge in [0.15, 0.2) is 0 Å². The van der Waals surface area contributed by atoms with Crippen molar-refractivity contribution in [2.24, 2.45) is 0 Å². The van der Waals surface area contributed by atoms with E-state index < -0.39 is 4.92 Å². The lowest BCUT2D eigenvalue weighted by atomic mass is 10.2. The van der Waals surface area contributed by atoms with E-state index >= 15 is 0 Å². The molecule has 25 heavy (non-hydrogen) atoms. The molecule has 0 saturated heterocycles.